The second-order valence-corrected chi connectivity index (χ2v) is 5.29. The van der Waals surface area contributed by atoms with E-state index in [0.717, 1.165) is 29.1 Å². The first-order chi connectivity index (χ1) is 13.2. The van der Waals surface area contributed by atoms with Crippen molar-refractivity contribution in [1.29, 1.82) is 0 Å². The van der Waals surface area contributed by atoms with Gasteiger partial charge in [0.2, 0.25) is 0 Å². The van der Waals surface area contributed by atoms with Gasteiger partial charge in [0.15, 0.2) is 5.75 Å². The predicted octanol–water partition coefficient (Wildman–Crippen LogP) is 2.98. The maximum atomic E-state index is 13.8. The summed E-state index contributed by atoms with van der Waals surface area (Å²) in [5, 5.41) is 12.7. The number of alkyl halides is 3. The molecule has 28 heavy (non-hydrogen) atoms. The Morgan fingerprint density at radius 2 is 1.86 bits per heavy atom. The first-order valence-electron chi connectivity index (χ1n) is 7.48. The van der Waals surface area contributed by atoms with Crippen LogP contribution in [0.15, 0.2) is 43.0 Å². The fourth-order valence-corrected chi connectivity index (χ4v) is 2.06. The molecule has 0 unspecified atom stereocenters. The maximum absolute atomic E-state index is 13.8. The molecule has 3 rings (SSSR count). The molecule has 0 spiro atoms. The summed E-state index contributed by atoms with van der Waals surface area (Å²) < 4.78 is 60.6. The number of carboxylic acids is 1. The summed E-state index contributed by atoms with van der Waals surface area (Å²) in [4.78, 5) is 18.7. The minimum Gasteiger partial charge on any atom is -0.486 e. The van der Waals surface area contributed by atoms with E-state index in [1.54, 1.807) is 0 Å². The van der Waals surface area contributed by atoms with Crippen molar-refractivity contribution in [3.8, 4) is 17.4 Å². The highest BCUT2D eigenvalue weighted by atomic mass is 19.4. The largest absolute Gasteiger partial charge is 0.573 e. The molecule has 1 N–H and O–H groups in total. The van der Waals surface area contributed by atoms with Crippen LogP contribution >= 0.6 is 0 Å². The molecule has 0 saturated heterocycles. The Balaban J connectivity index is 1.68. The van der Waals surface area contributed by atoms with Crippen molar-refractivity contribution in [2.45, 2.75) is 13.0 Å². The lowest BCUT2D eigenvalue weighted by molar-refractivity contribution is -0.274. The molecule has 2 heterocycles. The molecule has 0 amide bonds. The highest BCUT2D eigenvalue weighted by Crippen LogP contribution is 2.25. The third-order valence-corrected chi connectivity index (χ3v) is 3.29. The van der Waals surface area contributed by atoms with Crippen LogP contribution in [0.3, 0.4) is 0 Å². The smallest absolute Gasteiger partial charge is 0.486 e. The van der Waals surface area contributed by atoms with Crippen molar-refractivity contribution in [2.24, 2.45) is 0 Å². The van der Waals surface area contributed by atoms with Gasteiger partial charge in [0.05, 0.1) is 24.2 Å². The first kappa shape index (κ1) is 19.1. The zero-order valence-electron chi connectivity index (χ0n) is 13.7. The van der Waals surface area contributed by atoms with Crippen molar-refractivity contribution in [1.82, 2.24) is 19.7 Å². The molecule has 3 aromatic rings. The molecule has 0 aliphatic carbocycles. The summed E-state index contributed by atoms with van der Waals surface area (Å²) in [7, 11) is 0. The van der Waals surface area contributed by atoms with Crippen LogP contribution in [0.25, 0.3) is 5.95 Å². The molecule has 0 saturated carbocycles. The molecule has 2 aromatic heterocycles. The standard InChI is InChI=1S/C16H10F4N4O4/c17-13-2-1-11(28-16(18,19)20)3-9(13)8-27-12-5-21-15(22-6-12)24-7-10(4-23-24)14(25)26/h1-7H,8H2,(H,25,26). The lowest BCUT2D eigenvalue weighted by atomic mass is 10.2. The van der Waals surface area contributed by atoms with Gasteiger partial charge in [0.1, 0.15) is 18.2 Å². The molecule has 1 aromatic carbocycles. The van der Waals surface area contributed by atoms with E-state index in [4.69, 9.17) is 9.84 Å². The van der Waals surface area contributed by atoms with Crippen molar-refractivity contribution < 1.29 is 36.9 Å². The van der Waals surface area contributed by atoms with E-state index in [1.807, 2.05) is 0 Å². The number of nitrogens with zero attached hydrogens (tertiary/aromatic N) is 4. The summed E-state index contributed by atoms with van der Waals surface area (Å²) in [5.74, 6) is -2.34. The van der Waals surface area contributed by atoms with E-state index in [1.165, 1.54) is 18.6 Å². The Hall–Kier alpha value is -3.70. The molecule has 0 aliphatic rings. The summed E-state index contributed by atoms with van der Waals surface area (Å²) in [5.41, 5.74) is -0.218. The normalized spacial score (nSPS) is 11.3. The van der Waals surface area contributed by atoms with Crippen LogP contribution in [0.1, 0.15) is 15.9 Å². The molecular weight excluding hydrogens is 388 g/mol. The number of aromatic carboxylic acids is 1. The summed E-state index contributed by atoms with van der Waals surface area (Å²) in [6, 6.07) is 2.55. The van der Waals surface area contributed by atoms with Crippen LogP contribution in [0.4, 0.5) is 17.6 Å². The van der Waals surface area contributed by atoms with Gasteiger partial charge in [-0.2, -0.15) is 5.10 Å². The first-order valence-corrected chi connectivity index (χ1v) is 7.48. The highest BCUT2D eigenvalue weighted by Gasteiger charge is 2.31. The topological polar surface area (TPSA) is 99.4 Å². The molecule has 146 valence electrons. The van der Waals surface area contributed by atoms with Crippen LogP contribution in [0.5, 0.6) is 11.5 Å². The number of hydrogen-bond donors (Lipinski definition) is 1. The van der Waals surface area contributed by atoms with Gasteiger partial charge in [0, 0.05) is 11.8 Å². The molecule has 0 atom stereocenters. The number of ether oxygens (including phenoxy) is 2. The molecular formula is C16H10F4N4O4. The lowest BCUT2D eigenvalue weighted by Gasteiger charge is -2.11. The zero-order valence-corrected chi connectivity index (χ0v) is 13.7. The van der Waals surface area contributed by atoms with Crippen molar-refractivity contribution in [2.75, 3.05) is 0 Å². The molecule has 8 nitrogen and oxygen atoms in total. The highest BCUT2D eigenvalue weighted by molar-refractivity contribution is 5.86. The van der Waals surface area contributed by atoms with Gasteiger partial charge in [-0.3, -0.25) is 0 Å². The van der Waals surface area contributed by atoms with Crippen LogP contribution in [0.2, 0.25) is 0 Å². The molecule has 12 heteroatoms. The van der Waals surface area contributed by atoms with E-state index >= 15 is 0 Å². The number of benzene rings is 1. The van der Waals surface area contributed by atoms with Crippen molar-refractivity contribution in [3.63, 3.8) is 0 Å². The Bertz CT molecular complexity index is 989. The number of hydrogen-bond acceptors (Lipinski definition) is 6. The van der Waals surface area contributed by atoms with Gasteiger partial charge in [-0.25, -0.2) is 23.8 Å². The summed E-state index contributed by atoms with van der Waals surface area (Å²) >= 11 is 0. The van der Waals surface area contributed by atoms with E-state index in [0.29, 0.717) is 0 Å². The van der Waals surface area contributed by atoms with Crippen LogP contribution in [0, 0.1) is 5.82 Å². The van der Waals surface area contributed by atoms with Gasteiger partial charge in [-0.15, -0.1) is 13.2 Å². The zero-order chi connectivity index (χ0) is 20.3. The second-order valence-electron chi connectivity index (χ2n) is 5.29. The van der Waals surface area contributed by atoms with Crippen LogP contribution < -0.4 is 9.47 Å². The lowest BCUT2D eigenvalue weighted by Crippen LogP contribution is -2.17. The van der Waals surface area contributed by atoms with Gasteiger partial charge >= 0.3 is 12.3 Å². The van der Waals surface area contributed by atoms with Gasteiger partial charge in [-0.05, 0) is 18.2 Å². The molecule has 0 radical (unpaired) electrons. The van der Waals surface area contributed by atoms with Crippen LogP contribution in [-0.2, 0) is 6.61 Å². The minimum absolute atomic E-state index is 0.0552. The van der Waals surface area contributed by atoms with Crippen LogP contribution in [-0.4, -0.2) is 37.2 Å². The number of rotatable bonds is 6. The SMILES string of the molecule is O=C(O)c1cnn(-c2ncc(OCc3cc(OC(F)(F)F)ccc3F)cn2)c1. The van der Waals surface area contributed by atoms with E-state index < -0.39 is 30.5 Å². The minimum atomic E-state index is -4.90. The van der Waals surface area contributed by atoms with Gasteiger partial charge < -0.3 is 14.6 Å². The summed E-state index contributed by atoms with van der Waals surface area (Å²) in [6.07, 6.45) is -0.127. The third-order valence-electron chi connectivity index (χ3n) is 3.29. The monoisotopic (exact) mass is 398 g/mol. The molecule has 0 aliphatic heterocycles. The maximum Gasteiger partial charge on any atom is 0.573 e. The van der Waals surface area contributed by atoms with E-state index in [9.17, 15) is 22.4 Å². The van der Waals surface area contributed by atoms with Crippen molar-refractivity contribution in [3.05, 3.63) is 59.9 Å². The fraction of sp³-hybridized carbons (Fsp3) is 0.125. The Labute approximate surface area is 154 Å². The third kappa shape index (κ3) is 4.72. The van der Waals surface area contributed by atoms with Gasteiger partial charge in [-0.1, -0.05) is 0 Å². The number of carbonyl (C=O) groups is 1. The predicted molar refractivity (Wildman–Crippen MR) is 83.5 cm³/mol. The number of carboxylic acid groups (broad SMARTS) is 1. The Morgan fingerprint density at radius 3 is 2.46 bits per heavy atom. The van der Waals surface area contributed by atoms with E-state index in [-0.39, 0.29) is 22.8 Å². The second kappa shape index (κ2) is 7.50. The fourth-order valence-electron chi connectivity index (χ4n) is 2.06. The van der Waals surface area contributed by atoms with E-state index in [2.05, 4.69) is 19.8 Å². The van der Waals surface area contributed by atoms with Gasteiger partial charge in [0.25, 0.3) is 5.95 Å². The Kier molecular flexibility index (Phi) is 5.11. The average molecular weight is 398 g/mol. The molecule has 0 fully saturated rings. The number of halogens is 4. The average Bonchev–Trinajstić information content (AvgIpc) is 3.12. The Morgan fingerprint density at radius 1 is 1.14 bits per heavy atom. The summed E-state index contributed by atoms with van der Waals surface area (Å²) in [6.45, 7) is -0.394. The number of aromatic nitrogens is 4. The quantitative estimate of drug-likeness (QED) is 0.638. The molecule has 0 bridgehead atoms. The van der Waals surface area contributed by atoms with Crippen molar-refractivity contribution >= 4 is 5.97 Å².